The Balaban J connectivity index is 1.96. The van der Waals surface area contributed by atoms with E-state index in [9.17, 15) is 4.39 Å². The SMILES string of the molecule is Cc1ccc(F)cc1CC(CCc1ccco1)NN. The summed E-state index contributed by atoms with van der Waals surface area (Å²) in [6.45, 7) is 1.98. The molecule has 1 heterocycles. The van der Waals surface area contributed by atoms with Crippen LogP contribution in [0, 0.1) is 12.7 Å². The minimum atomic E-state index is -0.206. The van der Waals surface area contributed by atoms with Gasteiger partial charge < -0.3 is 4.42 Å². The molecule has 0 aliphatic rings. The Morgan fingerprint density at radius 1 is 1.37 bits per heavy atom. The molecular weight excluding hydrogens is 243 g/mol. The molecule has 0 aliphatic carbocycles. The molecule has 0 aliphatic heterocycles. The van der Waals surface area contributed by atoms with Crippen molar-refractivity contribution in [2.75, 3.05) is 0 Å². The third-order valence-electron chi connectivity index (χ3n) is 3.33. The Hall–Kier alpha value is -1.65. The van der Waals surface area contributed by atoms with E-state index in [4.69, 9.17) is 10.3 Å². The van der Waals surface area contributed by atoms with E-state index in [2.05, 4.69) is 5.43 Å². The Kier molecular flexibility index (Phi) is 4.71. The Morgan fingerprint density at radius 2 is 2.21 bits per heavy atom. The van der Waals surface area contributed by atoms with Gasteiger partial charge in [-0.2, -0.15) is 0 Å². The summed E-state index contributed by atoms with van der Waals surface area (Å²) in [5, 5.41) is 0. The van der Waals surface area contributed by atoms with Gasteiger partial charge in [-0.25, -0.2) is 4.39 Å². The van der Waals surface area contributed by atoms with Crippen LogP contribution in [0.4, 0.5) is 4.39 Å². The molecule has 19 heavy (non-hydrogen) atoms. The topological polar surface area (TPSA) is 51.2 Å². The van der Waals surface area contributed by atoms with Crippen LogP contribution in [0.25, 0.3) is 0 Å². The minimum Gasteiger partial charge on any atom is -0.469 e. The second-order valence-corrected chi connectivity index (χ2v) is 4.76. The van der Waals surface area contributed by atoms with Gasteiger partial charge in [0.1, 0.15) is 11.6 Å². The summed E-state index contributed by atoms with van der Waals surface area (Å²) in [4.78, 5) is 0. The van der Waals surface area contributed by atoms with Gasteiger partial charge in [-0.05, 0) is 55.2 Å². The van der Waals surface area contributed by atoms with E-state index in [0.29, 0.717) is 6.42 Å². The Labute approximate surface area is 112 Å². The first-order chi connectivity index (χ1) is 9.19. The molecular formula is C15H19FN2O. The second kappa shape index (κ2) is 6.50. The van der Waals surface area contributed by atoms with Gasteiger partial charge in [-0.1, -0.05) is 6.07 Å². The maximum atomic E-state index is 13.2. The molecule has 3 N–H and O–H groups in total. The second-order valence-electron chi connectivity index (χ2n) is 4.76. The quantitative estimate of drug-likeness (QED) is 0.621. The van der Waals surface area contributed by atoms with Crippen molar-refractivity contribution >= 4 is 0 Å². The predicted octanol–water partition coefficient (Wildman–Crippen LogP) is 2.73. The van der Waals surface area contributed by atoms with Crippen molar-refractivity contribution in [3.8, 4) is 0 Å². The van der Waals surface area contributed by atoms with Crippen LogP contribution in [-0.4, -0.2) is 6.04 Å². The molecule has 0 amide bonds. The fourth-order valence-electron chi connectivity index (χ4n) is 2.14. The number of halogens is 1. The zero-order valence-electron chi connectivity index (χ0n) is 11.0. The summed E-state index contributed by atoms with van der Waals surface area (Å²) in [5.41, 5.74) is 4.87. The van der Waals surface area contributed by atoms with Crippen LogP contribution in [0.1, 0.15) is 23.3 Å². The van der Waals surface area contributed by atoms with Crippen molar-refractivity contribution < 1.29 is 8.81 Å². The monoisotopic (exact) mass is 262 g/mol. The predicted molar refractivity (Wildman–Crippen MR) is 73.0 cm³/mol. The summed E-state index contributed by atoms with van der Waals surface area (Å²) < 4.78 is 18.5. The first-order valence-corrected chi connectivity index (χ1v) is 6.42. The fraction of sp³-hybridized carbons (Fsp3) is 0.333. The average molecular weight is 262 g/mol. The highest BCUT2D eigenvalue weighted by Crippen LogP contribution is 2.15. The summed E-state index contributed by atoms with van der Waals surface area (Å²) in [5.74, 6) is 6.31. The number of hydrogen-bond acceptors (Lipinski definition) is 3. The summed E-state index contributed by atoms with van der Waals surface area (Å²) in [6, 6.07) is 8.77. The number of nitrogens with one attached hydrogen (secondary N) is 1. The molecule has 102 valence electrons. The number of nitrogens with two attached hydrogens (primary N) is 1. The number of rotatable bonds is 6. The van der Waals surface area contributed by atoms with Crippen molar-refractivity contribution in [2.24, 2.45) is 5.84 Å². The van der Waals surface area contributed by atoms with Crippen molar-refractivity contribution in [2.45, 2.75) is 32.2 Å². The van der Waals surface area contributed by atoms with Crippen LogP contribution in [0.3, 0.4) is 0 Å². The molecule has 0 bridgehead atoms. The largest absolute Gasteiger partial charge is 0.469 e. The Morgan fingerprint density at radius 3 is 2.89 bits per heavy atom. The molecule has 1 aromatic carbocycles. The summed E-state index contributed by atoms with van der Waals surface area (Å²) in [6.07, 6.45) is 4.04. The van der Waals surface area contributed by atoms with Crippen molar-refractivity contribution in [3.63, 3.8) is 0 Å². The summed E-state index contributed by atoms with van der Waals surface area (Å²) >= 11 is 0. The van der Waals surface area contributed by atoms with Crippen LogP contribution >= 0.6 is 0 Å². The van der Waals surface area contributed by atoms with Gasteiger partial charge in [0.05, 0.1) is 6.26 Å². The highest BCUT2D eigenvalue weighted by Gasteiger charge is 2.11. The lowest BCUT2D eigenvalue weighted by molar-refractivity contribution is 0.446. The van der Waals surface area contributed by atoms with Gasteiger partial charge >= 0.3 is 0 Å². The molecule has 2 rings (SSSR count). The van der Waals surface area contributed by atoms with E-state index < -0.39 is 0 Å². The number of aryl methyl sites for hydroxylation is 2. The number of hydrogen-bond donors (Lipinski definition) is 2. The van der Waals surface area contributed by atoms with Gasteiger partial charge in [0.15, 0.2) is 0 Å². The zero-order chi connectivity index (χ0) is 13.7. The fourth-order valence-corrected chi connectivity index (χ4v) is 2.14. The van der Waals surface area contributed by atoms with Crippen molar-refractivity contribution in [3.05, 3.63) is 59.3 Å². The molecule has 0 radical (unpaired) electrons. The van der Waals surface area contributed by atoms with Gasteiger partial charge in [0, 0.05) is 12.5 Å². The lowest BCUT2D eigenvalue weighted by atomic mass is 9.98. The van der Waals surface area contributed by atoms with Crippen molar-refractivity contribution in [1.82, 2.24) is 5.43 Å². The van der Waals surface area contributed by atoms with Crippen LogP contribution in [0.5, 0.6) is 0 Å². The van der Waals surface area contributed by atoms with E-state index in [1.165, 1.54) is 6.07 Å². The molecule has 2 aromatic rings. The highest BCUT2D eigenvalue weighted by atomic mass is 19.1. The van der Waals surface area contributed by atoms with Crippen LogP contribution in [-0.2, 0) is 12.8 Å². The van der Waals surface area contributed by atoms with Gasteiger partial charge in [-0.3, -0.25) is 11.3 Å². The van der Waals surface area contributed by atoms with E-state index in [-0.39, 0.29) is 11.9 Å². The van der Waals surface area contributed by atoms with E-state index >= 15 is 0 Å². The molecule has 1 atom stereocenters. The smallest absolute Gasteiger partial charge is 0.123 e. The molecule has 4 heteroatoms. The number of furan rings is 1. The maximum absolute atomic E-state index is 13.2. The lowest BCUT2D eigenvalue weighted by Crippen LogP contribution is -2.37. The highest BCUT2D eigenvalue weighted by molar-refractivity contribution is 5.27. The molecule has 0 saturated carbocycles. The van der Waals surface area contributed by atoms with Crippen LogP contribution in [0.15, 0.2) is 41.0 Å². The third kappa shape index (κ3) is 3.91. The van der Waals surface area contributed by atoms with Gasteiger partial charge in [0.2, 0.25) is 0 Å². The Bertz CT molecular complexity index is 511. The lowest BCUT2D eigenvalue weighted by Gasteiger charge is -2.16. The van der Waals surface area contributed by atoms with E-state index in [0.717, 1.165) is 29.7 Å². The standard InChI is InChI=1S/C15H19FN2O/c1-11-4-5-13(16)9-12(11)10-14(18-17)6-7-15-3-2-8-19-15/h2-5,8-9,14,18H,6-7,10,17H2,1H3. The van der Waals surface area contributed by atoms with E-state index in [1.54, 1.807) is 18.4 Å². The molecule has 0 fully saturated rings. The van der Waals surface area contributed by atoms with Gasteiger partial charge in [0.25, 0.3) is 0 Å². The average Bonchev–Trinajstić information content (AvgIpc) is 2.91. The first-order valence-electron chi connectivity index (χ1n) is 6.42. The maximum Gasteiger partial charge on any atom is 0.123 e. The van der Waals surface area contributed by atoms with Crippen molar-refractivity contribution in [1.29, 1.82) is 0 Å². The van der Waals surface area contributed by atoms with Gasteiger partial charge in [-0.15, -0.1) is 0 Å². The zero-order valence-corrected chi connectivity index (χ0v) is 11.0. The molecule has 1 aromatic heterocycles. The minimum absolute atomic E-state index is 0.102. The number of benzene rings is 1. The normalized spacial score (nSPS) is 12.6. The van der Waals surface area contributed by atoms with Crippen LogP contribution < -0.4 is 11.3 Å². The molecule has 1 unspecified atom stereocenters. The number of hydrazine groups is 1. The first kappa shape index (κ1) is 13.8. The molecule has 0 saturated heterocycles. The van der Waals surface area contributed by atoms with Crippen LogP contribution in [0.2, 0.25) is 0 Å². The third-order valence-corrected chi connectivity index (χ3v) is 3.33. The molecule has 3 nitrogen and oxygen atoms in total. The molecule has 0 spiro atoms. The summed E-state index contributed by atoms with van der Waals surface area (Å²) in [7, 11) is 0. The van der Waals surface area contributed by atoms with E-state index in [1.807, 2.05) is 19.1 Å².